The minimum absolute atomic E-state index is 0.594. The molecular weight excluding hydrogens is 266 g/mol. The van der Waals surface area contributed by atoms with Crippen LogP contribution in [0.1, 0.15) is 30.9 Å². The molecule has 1 saturated heterocycles. The van der Waals surface area contributed by atoms with Crippen LogP contribution in [-0.4, -0.2) is 49.0 Å². The number of rotatable bonds is 6. The number of aromatic nitrogens is 1. The Bertz CT molecular complexity index is 459. The van der Waals surface area contributed by atoms with E-state index in [4.69, 9.17) is 4.74 Å². The standard InChI is InChI=1S/C16H27N3O2/c1-4-17-10-14-9-13(2)15(18-11-14)19(3)12-16(20)5-7-21-8-6-16/h9,11,17,20H,4-8,10,12H2,1-3H3. The van der Waals surface area contributed by atoms with Crippen molar-refractivity contribution in [1.82, 2.24) is 10.3 Å². The maximum atomic E-state index is 10.6. The topological polar surface area (TPSA) is 57.6 Å². The first-order valence-corrected chi connectivity index (χ1v) is 7.71. The van der Waals surface area contributed by atoms with Gasteiger partial charge in [-0.3, -0.25) is 0 Å². The summed E-state index contributed by atoms with van der Waals surface area (Å²) in [4.78, 5) is 6.62. The van der Waals surface area contributed by atoms with Gasteiger partial charge in [-0.1, -0.05) is 6.92 Å². The predicted molar refractivity (Wildman–Crippen MR) is 84.6 cm³/mol. The highest BCUT2D eigenvalue weighted by atomic mass is 16.5. The van der Waals surface area contributed by atoms with E-state index < -0.39 is 5.60 Å². The second kappa shape index (κ2) is 7.20. The van der Waals surface area contributed by atoms with E-state index >= 15 is 0 Å². The molecule has 0 spiro atoms. The number of aryl methyl sites for hydroxylation is 1. The first-order chi connectivity index (χ1) is 10.0. The average Bonchev–Trinajstić information content (AvgIpc) is 2.45. The van der Waals surface area contributed by atoms with Gasteiger partial charge in [-0.05, 0) is 30.7 Å². The highest BCUT2D eigenvalue weighted by Crippen LogP contribution is 2.25. The number of nitrogens with one attached hydrogen (secondary N) is 1. The van der Waals surface area contributed by atoms with Gasteiger partial charge < -0.3 is 20.1 Å². The van der Waals surface area contributed by atoms with Crippen LogP contribution in [0, 0.1) is 6.92 Å². The molecule has 0 unspecified atom stereocenters. The highest BCUT2D eigenvalue weighted by Gasteiger charge is 2.31. The van der Waals surface area contributed by atoms with Crippen LogP contribution in [0.5, 0.6) is 0 Å². The van der Waals surface area contributed by atoms with E-state index in [1.54, 1.807) is 0 Å². The number of hydrogen-bond donors (Lipinski definition) is 2. The Morgan fingerprint density at radius 3 is 2.76 bits per heavy atom. The lowest BCUT2D eigenvalue weighted by molar-refractivity contribution is -0.0573. The molecule has 0 aliphatic carbocycles. The number of hydrogen-bond acceptors (Lipinski definition) is 5. The van der Waals surface area contributed by atoms with Crippen molar-refractivity contribution in [3.05, 3.63) is 23.4 Å². The van der Waals surface area contributed by atoms with Gasteiger partial charge >= 0.3 is 0 Å². The molecule has 21 heavy (non-hydrogen) atoms. The molecule has 1 aromatic rings. The Morgan fingerprint density at radius 2 is 2.14 bits per heavy atom. The third-order valence-corrected chi connectivity index (χ3v) is 4.00. The third-order valence-electron chi connectivity index (χ3n) is 4.00. The van der Waals surface area contributed by atoms with Gasteiger partial charge in [-0.2, -0.15) is 0 Å². The normalized spacial score (nSPS) is 17.7. The molecular formula is C16H27N3O2. The first kappa shape index (κ1) is 16.2. The summed E-state index contributed by atoms with van der Waals surface area (Å²) in [6, 6.07) is 2.16. The second-order valence-electron chi connectivity index (χ2n) is 5.96. The molecule has 2 rings (SSSR count). The second-order valence-corrected chi connectivity index (χ2v) is 5.96. The zero-order valence-electron chi connectivity index (χ0n) is 13.4. The van der Waals surface area contributed by atoms with E-state index in [2.05, 4.69) is 35.1 Å². The van der Waals surface area contributed by atoms with Crippen LogP contribution in [0.25, 0.3) is 0 Å². The molecule has 118 valence electrons. The molecule has 1 fully saturated rings. The van der Waals surface area contributed by atoms with E-state index in [0.29, 0.717) is 32.6 Å². The van der Waals surface area contributed by atoms with E-state index in [0.717, 1.165) is 24.5 Å². The molecule has 0 bridgehead atoms. The molecule has 0 amide bonds. The third kappa shape index (κ3) is 4.40. The first-order valence-electron chi connectivity index (χ1n) is 7.71. The van der Waals surface area contributed by atoms with Crippen molar-refractivity contribution in [3.63, 3.8) is 0 Å². The number of ether oxygens (including phenoxy) is 1. The number of anilines is 1. The molecule has 1 aromatic heterocycles. The van der Waals surface area contributed by atoms with Gasteiger partial charge in [-0.25, -0.2) is 4.98 Å². The number of aliphatic hydroxyl groups is 1. The predicted octanol–water partition coefficient (Wildman–Crippen LogP) is 1.48. The SMILES string of the molecule is CCNCc1cnc(N(C)CC2(O)CCOCC2)c(C)c1. The van der Waals surface area contributed by atoms with Crippen molar-refractivity contribution >= 4 is 5.82 Å². The minimum Gasteiger partial charge on any atom is -0.388 e. The van der Waals surface area contributed by atoms with Crippen molar-refractivity contribution < 1.29 is 9.84 Å². The summed E-state index contributed by atoms with van der Waals surface area (Å²) >= 11 is 0. The van der Waals surface area contributed by atoms with Crippen LogP contribution >= 0.6 is 0 Å². The van der Waals surface area contributed by atoms with E-state index in [1.165, 1.54) is 5.56 Å². The Balaban J connectivity index is 2.03. The van der Waals surface area contributed by atoms with Crippen molar-refractivity contribution in [2.75, 3.05) is 38.3 Å². The highest BCUT2D eigenvalue weighted by molar-refractivity contribution is 5.47. The van der Waals surface area contributed by atoms with Crippen molar-refractivity contribution in [3.8, 4) is 0 Å². The van der Waals surface area contributed by atoms with Crippen molar-refractivity contribution in [2.45, 2.75) is 38.8 Å². The van der Waals surface area contributed by atoms with Crippen molar-refractivity contribution in [1.29, 1.82) is 0 Å². The fourth-order valence-corrected chi connectivity index (χ4v) is 2.82. The van der Waals surface area contributed by atoms with Crippen LogP contribution in [-0.2, 0) is 11.3 Å². The van der Waals surface area contributed by atoms with Gasteiger partial charge in [0.05, 0.1) is 5.60 Å². The molecule has 1 aliphatic rings. The van der Waals surface area contributed by atoms with Gasteiger partial charge in [-0.15, -0.1) is 0 Å². The lowest BCUT2D eigenvalue weighted by Crippen LogP contribution is -2.46. The molecule has 1 aliphatic heterocycles. The van der Waals surface area contributed by atoms with Gasteiger partial charge in [0.25, 0.3) is 0 Å². The van der Waals surface area contributed by atoms with Gasteiger partial charge in [0.15, 0.2) is 0 Å². The average molecular weight is 293 g/mol. The quantitative estimate of drug-likeness (QED) is 0.832. The lowest BCUT2D eigenvalue weighted by atomic mass is 9.94. The maximum Gasteiger partial charge on any atom is 0.131 e. The van der Waals surface area contributed by atoms with E-state index in [-0.39, 0.29) is 0 Å². The summed E-state index contributed by atoms with van der Waals surface area (Å²) in [5, 5.41) is 13.9. The van der Waals surface area contributed by atoms with Crippen LogP contribution in [0.3, 0.4) is 0 Å². The lowest BCUT2D eigenvalue weighted by Gasteiger charge is -2.36. The van der Waals surface area contributed by atoms with Gasteiger partial charge in [0.1, 0.15) is 5.82 Å². The van der Waals surface area contributed by atoms with Gasteiger partial charge in [0.2, 0.25) is 0 Å². The van der Waals surface area contributed by atoms with E-state index in [9.17, 15) is 5.11 Å². The van der Waals surface area contributed by atoms with Crippen molar-refractivity contribution in [2.24, 2.45) is 0 Å². The fraction of sp³-hybridized carbons (Fsp3) is 0.688. The summed E-state index contributed by atoms with van der Waals surface area (Å²) < 4.78 is 5.33. The molecule has 0 atom stereocenters. The number of likely N-dealkylation sites (N-methyl/N-ethyl adjacent to an activating group) is 1. The van der Waals surface area contributed by atoms with Crippen LogP contribution < -0.4 is 10.2 Å². The molecule has 0 aromatic carbocycles. The summed E-state index contributed by atoms with van der Waals surface area (Å²) in [7, 11) is 1.99. The number of nitrogens with zero attached hydrogens (tertiary/aromatic N) is 2. The zero-order chi connectivity index (χ0) is 15.3. The molecule has 0 radical (unpaired) electrons. The smallest absolute Gasteiger partial charge is 0.131 e. The zero-order valence-corrected chi connectivity index (χ0v) is 13.4. The summed E-state index contributed by atoms with van der Waals surface area (Å²) in [6.07, 6.45) is 3.29. The largest absolute Gasteiger partial charge is 0.388 e. The maximum absolute atomic E-state index is 10.6. The van der Waals surface area contributed by atoms with Crippen LogP contribution in [0.2, 0.25) is 0 Å². The number of pyridine rings is 1. The molecule has 2 heterocycles. The summed E-state index contributed by atoms with van der Waals surface area (Å²) in [6.45, 7) is 7.83. The Kier molecular flexibility index (Phi) is 5.56. The monoisotopic (exact) mass is 293 g/mol. The van der Waals surface area contributed by atoms with Crippen LogP contribution in [0.15, 0.2) is 12.3 Å². The Labute approximate surface area is 127 Å². The molecule has 2 N–H and O–H groups in total. The minimum atomic E-state index is -0.663. The summed E-state index contributed by atoms with van der Waals surface area (Å²) in [5.74, 6) is 0.940. The van der Waals surface area contributed by atoms with Crippen LogP contribution in [0.4, 0.5) is 5.82 Å². The van der Waals surface area contributed by atoms with Gasteiger partial charge in [0, 0.05) is 52.4 Å². The van der Waals surface area contributed by atoms with E-state index in [1.807, 2.05) is 13.2 Å². The Morgan fingerprint density at radius 1 is 1.43 bits per heavy atom. The fourth-order valence-electron chi connectivity index (χ4n) is 2.82. The molecule has 0 saturated carbocycles. The molecule has 5 heteroatoms. The summed E-state index contributed by atoms with van der Waals surface area (Å²) in [5.41, 5.74) is 1.67. The Hall–Kier alpha value is -1.17. The molecule has 5 nitrogen and oxygen atoms in total.